The van der Waals surface area contributed by atoms with Gasteiger partial charge in [0.05, 0.1) is 26.5 Å². The molecule has 0 radical (unpaired) electrons. The Kier molecular flexibility index (Phi) is 8.77. The van der Waals surface area contributed by atoms with Crippen molar-refractivity contribution in [2.45, 2.75) is 52.8 Å². The molecule has 0 heterocycles. The van der Waals surface area contributed by atoms with Crippen molar-refractivity contribution in [3.63, 3.8) is 0 Å². The summed E-state index contributed by atoms with van der Waals surface area (Å²) in [6.07, 6.45) is 2.97. The van der Waals surface area contributed by atoms with E-state index in [4.69, 9.17) is 14.2 Å². The zero-order chi connectivity index (χ0) is 21.3. The monoisotopic (exact) mass is 414 g/mol. The van der Waals surface area contributed by atoms with Gasteiger partial charge in [-0.2, -0.15) is 0 Å². The van der Waals surface area contributed by atoms with E-state index < -0.39 is 8.07 Å². The van der Waals surface area contributed by atoms with Crippen LogP contribution in [-0.2, 0) is 0 Å². The van der Waals surface area contributed by atoms with Gasteiger partial charge in [0.1, 0.15) is 17.2 Å². The Bertz CT molecular complexity index is 753. The fourth-order valence-corrected chi connectivity index (χ4v) is 3.18. The summed E-state index contributed by atoms with van der Waals surface area (Å²) in [5, 5.41) is 0. The molecule has 0 saturated heterocycles. The molecule has 0 N–H and O–H groups in total. The smallest absolute Gasteiger partial charge is 0.343 e. The summed E-state index contributed by atoms with van der Waals surface area (Å²) >= 11 is 0. The lowest BCUT2D eigenvalue weighted by atomic mass is 10.1. The fourth-order valence-electron chi connectivity index (χ4n) is 2.42. The van der Waals surface area contributed by atoms with Crippen molar-refractivity contribution in [3.8, 4) is 17.2 Å². The van der Waals surface area contributed by atoms with E-state index in [1.165, 1.54) is 6.04 Å². The predicted octanol–water partition coefficient (Wildman–Crippen LogP) is 6.37. The van der Waals surface area contributed by atoms with Gasteiger partial charge >= 0.3 is 5.97 Å². The SMILES string of the molecule is CCC(C)CCOc1ccc(OC(=O)c2ccc(OC[Si](C)(C)CC)cc2)cc1. The van der Waals surface area contributed by atoms with Crippen LogP contribution in [0, 0.1) is 5.92 Å². The first-order valence-electron chi connectivity index (χ1n) is 10.5. The first-order valence-corrected chi connectivity index (χ1v) is 13.9. The summed E-state index contributed by atoms with van der Waals surface area (Å²) in [6.45, 7) is 11.9. The predicted molar refractivity (Wildman–Crippen MR) is 121 cm³/mol. The van der Waals surface area contributed by atoms with E-state index in [0.717, 1.165) is 30.6 Å². The number of hydrogen-bond acceptors (Lipinski definition) is 4. The second-order valence-corrected chi connectivity index (χ2v) is 13.7. The molecule has 29 heavy (non-hydrogen) atoms. The van der Waals surface area contributed by atoms with Crippen LogP contribution in [0.3, 0.4) is 0 Å². The third-order valence-corrected chi connectivity index (χ3v) is 8.13. The molecule has 1 unspecified atom stereocenters. The second kappa shape index (κ2) is 11.1. The maximum absolute atomic E-state index is 12.4. The molecule has 5 heteroatoms. The largest absolute Gasteiger partial charge is 0.497 e. The summed E-state index contributed by atoms with van der Waals surface area (Å²) in [6, 6.07) is 15.5. The highest BCUT2D eigenvalue weighted by Gasteiger charge is 2.19. The third kappa shape index (κ3) is 7.93. The molecule has 158 valence electrons. The van der Waals surface area contributed by atoms with Gasteiger partial charge in [0.2, 0.25) is 0 Å². The quantitative estimate of drug-likeness (QED) is 0.243. The molecule has 0 aliphatic carbocycles. The lowest BCUT2D eigenvalue weighted by molar-refractivity contribution is 0.0734. The molecule has 0 bridgehead atoms. The second-order valence-electron chi connectivity index (χ2n) is 8.34. The Morgan fingerprint density at radius 1 is 0.897 bits per heavy atom. The lowest BCUT2D eigenvalue weighted by Gasteiger charge is -2.20. The molecule has 2 aromatic rings. The average molecular weight is 415 g/mol. The van der Waals surface area contributed by atoms with Crippen LogP contribution in [0.2, 0.25) is 19.1 Å². The van der Waals surface area contributed by atoms with E-state index in [1.54, 1.807) is 24.3 Å². The van der Waals surface area contributed by atoms with Crippen molar-refractivity contribution in [3.05, 3.63) is 54.1 Å². The van der Waals surface area contributed by atoms with E-state index >= 15 is 0 Å². The van der Waals surface area contributed by atoms with Gasteiger partial charge in [0.15, 0.2) is 0 Å². The first kappa shape index (κ1) is 23.0. The Balaban J connectivity index is 1.85. The Morgan fingerprint density at radius 3 is 2.03 bits per heavy atom. The normalized spacial score (nSPS) is 12.3. The summed E-state index contributed by atoms with van der Waals surface area (Å²) in [5.41, 5.74) is 0.498. The standard InChI is InChI=1S/C24H34O4Si/c1-6-19(3)16-17-26-21-12-14-23(15-13-21)28-24(25)20-8-10-22(11-9-20)27-18-29(4,5)7-2/h8-15,19H,6-7,16-18H2,1-5H3. The highest BCUT2D eigenvalue weighted by Crippen LogP contribution is 2.21. The number of hydrogen-bond donors (Lipinski definition) is 0. The Morgan fingerprint density at radius 2 is 1.45 bits per heavy atom. The van der Waals surface area contributed by atoms with Crippen molar-refractivity contribution >= 4 is 14.0 Å². The molecular weight excluding hydrogens is 380 g/mol. The van der Waals surface area contributed by atoms with Crippen molar-refractivity contribution in [2.75, 3.05) is 12.8 Å². The van der Waals surface area contributed by atoms with Gasteiger partial charge in [0.25, 0.3) is 0 Å². The van der Waals surface area contributed by atoms with E-state index in [2.05, 4.69) is 33.9 Å². The first-order chi connectivity index (χ1) is 13.8. The summed E-state index contributed by atoms with van der Waals surface area (Å²) < 4.78 is 17.1. The van der Waals surface area contributed by atoms with Gasteiger partial charge in [-0.3, -0.25) is 0 Å². The van der Waals surface area contributed by atoms with Crippen LogP contribution >= 0.6 is 0 Å². The molecule has 0 aliphatic rings. The fraction of sp³-hybridized carbons (Fsp3) is 0.458. The van der Waals surface area contributed by atoms with Crippen molar-refractivity contribution in [2.24, 2.45) is 5.92 Å². The van der Waals surface area contributed by atoms with Crippen LogP contribution in [0.5, 0.6) is 17.2 Å². The zero-order valence-electron chi connectivity index (χ0n) is 18.4. The van der Waals surface area contributed by atoms with Gasteiger partial charge in [0, 0.05) is 0 Å². The van der Waals surface area contributed by atoms with Gasteiger partial charge in [-0.15, -0.1) is 0 Å². The molecule has 2 aromatic carbocycles. The third-order valence-electron chi connectivity index (χ3n) is 5.29. The highest BCUT2D eigenvalue weighted by atomic mass is 28.3. The minimum Gasteiger partial charge on any atom is -0.497 e. The average Bonchev–Trinajstić information content (AvgIpc) is 2.73. The Labute approximate surface area is 176 Å². The topological polar surface area (TPSA) is 44.8 Å². The van der Waals surface area contributed by atoms with Crippen LogP contribution in [-0.4, -0.2) is 26.9 Å². The lowest BCUT2D eigenvalue weighted by Crippen LogP contribution is -2.33. The highest BCUT2D eigenvalue weighted by molar-refractivity contribution is 6.77. The van der Waals surface area contributed by atoms with Crippen LogP contribution in [0.4, 0.5) is 0 Å². The molecule has 0 fully saturated rings. The number of ether oxygens (including phenoxy) is 3. The van der Waals surface area contributed by atoms with Gasteiger partial charge in [-0.05, 0) is 60.9 Å². The summed E-state index contributed by atoms with van der Waals surface area (Å²) in [4.78, 5) is 12.4. The van der Waals surface area contributed by atoms with E-state index in [1.807, 2.05) is 24.3 Å². The molecule has 0 amide bonds. The Hall–Kier alpha value is -2.27. The molecule has 0 spiro atoms. The molecule has 2 rings (SSSR count). The van der Waals surface area contributed by atoms with Gasteiger partial charge in [-0.25, -0.2) is 4.79 Å². The van der Waals surface area contributed by atoms with E-state index in [-0.39, 0.29) is 5.97 Å². The van der Waals surface area contributed by atoms with Crippen LogP contribution < -0.4 is 14.2 Å². The maximum atomic E-state index is 12.4. The van der Waals surface area contributed by atoms with Crippen LogP contribution in [0.25, 0.3) is 0 Å². The molecular formula is C24H34O4Si. The van der Waals surface area contributed by atoms with Gasteiger partial charge < -0.3 is 14.2 Å². The molecule has 4 nitrogen and oxygen atoms in total. The molecule has 0 saturated carbocycles. The van der Waals surface area contributed by atoms with Crippen molar-refractivity contribution in [1.29, 1.82) is 0 Å². The zero-order valence-corrected chi connectivity index (χ0v) is 19.4. The maximum Gasteiger partial charge on any atom is 0.343 e. The van der Waals surface area contributed by atoms with Crippen LogP contribution in [0.1, 0.15) is 44.0 Å². The minimum absolute atomic E-state index is 0.384. The molecule has 1 atom stereocenters. The summed E-state index contributed by atoms with van der Waals surface area (Å²) in [7, 11) is -1.29. The number of carbonyl (C=O) groups is 1. The van der Waals surface area contributed by atoms with Crippen LogP contribution in [0.15, 0.2) is 48.5 Å². The number of esters is 1. The number of carbonyl (C=O) groups excluding carboxylic acids is 1. The van der Waals surface area contributed by atoms with Crippen molar-refractivity contribution < 1.29 is 19.0 Å². The van der Waals surface area contributed by atoms with Crippen molar-refractivity contribution in [1.82, 2.24) is 0 Å². The summed E-state index contributed by atoms with van der Waals surface area (Å²) in [5.74, 6) is 2.35. The molecule has 0 aromatic heterocycles. The number of benzene rings is 2. The molecule has 0 aliphatic heterocycles. The van der Waals surface area contributed by atoms with Gasteiger partial charge in [-0.1, -0.05) is 46.3 Å². The minimum atomic E-state index is -1.29. The van der Waals surface area contributed by atoms with E-state index in [9.17, 15) is 4.79 Å². The number of rotatable bonds is 11. The van der Waals surface area contributed by atoms with E-state index in [0.29, 0.717) is 23.8 Å².